The fraction of sp³-hybridized carbons (Fsp3) is 0.308. The quantitative estimate of drug-likeness (QED) is 0.586. The highest BCUT2D eigenvalue weighted by atomic mass is 16.6. The molecule has 0 aliphatic rings. The van der Waals surface area contributed by atoms with Gasteiger partial charge >= 0.3 is 6.09 Å². The van der Waals surface area contributed by atoms with Gasteiger partial charge in [-0.15, -0.1) is 0 Å². The standard InChI is InChI=1S/C26H28N2O4/c1-26(2,3)32-25(31)28-18-23(24(30)19-29)27-17-22-15-13-21(14-16-22)12-8-7-11-20-9-5-4-6-10-20/h4-6,9-10,13-16,23,27,29H,17-19H2,1-3H3,(H,28,31)/t23-/m0/s1. The van der Waals surface area contributed by atoms with E-state index in [0.29, 0.717) is 6.54 Å². The summed E-state index contributed by atoms with van der Waals surface area (Å²) in [4.78, 5) is 23.8. The molecule has 2 aromatic rings. The number of aliphatic hydroxyl groups excluding tert-OH is 1. The van der Waals surface area contributed by atoms with Crippen LogP contribution >= 0.6 is 0 Å². The molecule has 166 valence electrons. The number of Topliss-reactive ketones (excluding diaryl/α,β-unsaturated/α-hetero) is 1. The van der Waals surface area contributed by atoms with Gasteiger partial charge in [-0.1, -0.05) is 42.2 Å². The molecule has 2 rings (SSSR count). The van der Waals surface area contributed by atoms with Gasteiger partial charge in [-0.2, -0.15) is 0 Å². The van der Waals surface area contributed by atoms with Crippen LogP contribution in [0.3, 0.4) is 0 Å². The fourth-order valence-corrected chi connectivity index (χ4v) is 2.58. The van der Waals surface area contributed by atoms with Gasteiger partial charge in [-0.05, 0) is 62.4 Å². The Morgan fingerprint density at radius 1 is 0.969 bits per heavy atom. The molecule has 0 spiro atoms. The molecule has 2 aromatic carbocycles. The SMILES string of the molecule is CC(C)(C)OC(=O)NC[C@H](NCc1ccc(C#CC#Cc2ccccc2)cc1)C(=O)CO. The number of aliphatic hydroxyl groups is 1. The first-order chi connectivity index (χ1) is 15.3. The van der Waals surface area contributed by atoms with Crippen LogP contribution in [0.5, 0.6) is 0 Å². The van der Waals surface area contributed by atoms with Gasteiger partial charge in [0.25, 0.3) is 0 Å². The predicted molar refractivity (Wildman–Crippen MR) is 124 cm³/mol. The molecule has 0 bridgehead atoms. The second-order valence-electron chi connectivity index (χ2n) is 8.00. The Hall–Kier alpha value is -3.58. The fourth-order valence-electron chi connectivity index (χ4n) is 2.58. The largest absolute Gasteiger partial charge is 0.444 e. The number of alkyl carbamates (subject to hydrolysis) is 1. The minimum absolute atomic E-state index is 0.0119. The zero-order valence-corrected chi connectivity index (χ0v) is 18.6. The monoisotopic (exact) mass is 432 g/mol. The summed E-state index contributed by atoms with van der Waals surface area (Å²) in [7, 11) is 0. The number of carbonyl (C=O) groups excluding carboxylic acids is 2. The molecule has 32 heavy (non-hydrogen) atoms. The van der Waals surface area contributed by atoms with Crippen LogP contribution in [0.25, 0.3) is 0 Å². The van der Waals surface area contributed by atoms with Crippen LogP contribution in [0.15, 0.2) is 54.6 Å². The van der Waals surface area contributed by atoms with E-state index in [1.807, 2.05) is 54.6 Å². The number of benzene rings is 2. The van der Waals surface area contributed by atoms with Crippen LogP contribution in [-0.4, -0.2) is 41.8 Å². The summed E-state index contributed by atoms with van der Waals surface area (Å²) in [6.45, 7) is 5.04. The van der Waals surface area contributed by atoms with E-state index in [1.165, 1.54) is 0 Å². The normalized spacial score (nSPS) is 11.2. The van der Waals surface area contributed by atoms with Gasteiger partial charge in [0.15, 0.2) is 5.78 Å². The molecule has 0 saturated carbocycles. The molecular weight excluding hydrogens is 404 g/mol. The van der Waals surface area contributed by atoms with Crippen molar-refractivity contribution in [1.82, 2.24) is 10.6 Å². The molecular formula is C26H28N2O4. The average Bonchev–Trinajstić information content (AvgIpc) is 2.76. The molecule has 0 radical (unpaired) electrons. The highest BCUT2D eigenvalue weighted by molar-refractivity contribution is 5.85. The summed E-state index contributed by atoms with van der Waals surface area (Å²) in [6, 6.07) is 16.4. The van der Waals surface area contributed by atoms with E-state index >= 15 is 0 Å². The Bertz CT molecular complexity index is 1020. The minimum atomic E-state index is -0.736. The van der Waals surface area contributed by atoms with Crippen molar-refractivity contribution in [3.8, 4) is 23.7 Å². The number of hydrogen-bond donors (Lipinski definition) is 3. The van der Waals surface area contributed by atoms with E-state index in [4.69, 9.17) is 4.74 Å². The van der Waals surface area contributed by atoms with Crippen molar-refractivity contribution in [3.63, 3.8) is 0 Å². The third-order valence-electron chi connectivity index (χ3n) is 4.15. The van der Waals surface area contributed by atoms with E-state index in [9.17, 15) is 14.7 Å². The van der Waals surface area contributed by atoms with Crippen molar-refractivity contribution in [1.29, 1.82) is 0 Å². The second kappa shape index (κ2) is 12.3. The molecule has 0 fully saturated rings. The van der Waals surface area contributed by atoms with E-state index in [-0.39, 0.29) is 6.54 Å². The third-order valence-corrected chi connectivity index (χ3v) is 4.15. The first-order valence-corrected chi connectivity index (χ1v) is 10.3. The van der Waals surface area contributed by atoms with Gasteiger partial charge in [0.05, 0.1) is 6.04 Å². The Labute approximate surface area is 189 Å². The number of nitrogens with one attached hydrogen (secondary N) is 2. The van der Waals surface area contributed by atoms with Crippen LogP contribution in [-0.2, 0) is 16.1 Å². The summed E-state index contributed by atoms with van der Waals surface area (Å²) >= 11 is 0. The lowest BCUT2D eigenvalue weighted by molar-refractivity contribution is -0.123. The van der Waals surface area contributed by atoms with E-state index in [2.05, 4.69) is 34.3 Å². The topological polar surface area (TPSA) is 87.7 Å². The Kier molecular flexibility index (Phi) is 9.50. The average molecular weight is 433 g/mol. The molecule has 0 saturated heterocycles. The molecule has 0 heterocycles. The number of amides is 1. The van der Waals surface area contributed by atoms with Gasteiger partial charge in [0.1, 0.15) is 12.2 Å². The molecule has 1 amide bonds. The highest BCUT2D eigenvalue weighted by Crippen LogP contribution is 2.07. The Morgan fingerprint density at radius 3 is 2.12 bits per heavy atom. The molecule has 3 N–H and O–H groups in total. The van der Waals surface area contributed by atoms with Crippen LogP contribution in [0, 0.1) is 23.7 Å². The van der Waals surface area contributed by atoms with E-state index < -0.39 is 30.1 Å². The number of ketones is 1. The van der Waals surface area contributed by atoms with Crippen molar-refractivity contribution < 1.29 is 19.4 Å². The van der Waals surface area contributed by atoms with Gasteiger partial charge in [-0.3, -0.25) is 4.79 Å². The summed E-state index contributed by atoms with van der Waals surface area (Å²) in [5.41, 5.74) is 2.03. The predicted octanol–water partition coefficient (Wildman–Crippen LogP) is 2.63. The lowest BCUT2D eigenvalue weighted by Crippen LogP contribution is -2.47. The number of rotatable bonds is 7. The number of carbonyl (C=O) groups is 2. The van der Waals surface area contributed by atoms with Gasteiger partial charge in [0, 0.05) is 24.2 Å². The lowest BCUT2D eigenvalue weighted by Gasteiger charge is -2.22. The first kappa shape index (κ1) is 24.7. The second-order valence-corrected chi connectivity index (χ2v) is 8.00. The first-order valence-electron chi connectivity index (χ1n) is 10.3. The van der Waals surface area contributed by atoms with Crippen LogP contribution in [0.2, 0.25) is 0 Å². The maximum Gasteiger partial charge on any atom is 0.407 e. The van der Waals surface area contributed by atoms with Gasteiger partial charge in [0.2, 0.25) is 0 Å². The van der Waals surface area contributed by atoms with Crippen molar-refractivity contribution in [3.05, 3.63) is 71.3 Å². The third kappa shape index (κ3) is 9.49. The molecule has 6 nitrogen and oxygen atoms in total. The maximum absolute atomic E-state index is 12.0. The zero-order valence-electron chi connectivity index (χ0n) is 18.6. The van der Waals surface area contributed by atoms with Gasteiger partial charge < -0.3 is 20.5 Å². The van der Waals surface area contributed by atoms with Crippen molar-refractivity contribution in [2.24, 2.45) is 0 Å². The highest BCUT2D eigenvalue weighted by Gasteiger charge is 2.20. The van der Waals surface area contributed by atoms with E-state index in [0.717, 1.165) is 16.7 Å². The summed E-state index contributed by atoms with van der Waals surface area (Å²) in [5, 5.41) is 14.8. The summed E-state index contributed by atoms with van der Waals surface area (Å²) in [5.74, 6) is 11.2. The molecule has 0 aliphatic carbocycles. The zero-order chi connectivity index (χ0) is 23.4. The molecule has 0 aromatic heterocycles. The molecule has 6 heteroatoms. The Morgan fingerprint density at radius 2 is 1.56 bits per heavy atom. The number of hydrogen-bond acceptors (Lipinski definition) is 5. The van der Waals surface area contributed by atoms with Crippen LogP contribution in [0.1, 0.15) is 37.5 Å². The van der Waals surface area contributed by atoms with Gasteiger partial charge in [-0.25, -0.2) is 4.79 Å². The molecule has 0 aliphatic heterocycles. The van der Waals surface area contributed by atoms with Crippen molar-refractivity contribution in [2.45, 2.75) is 39.0 Å². The van der Waals surface area contributed by atoms with Crippen molar-refractivity contribution >= 4 is 11.9 Å². The summed E-state index contributed by atoms with van der Waals surface area (Å²) in [6.07, 6.45) is -0.617. The van der Waals surface area contributed by atoms with Crippen LogP contribution < -0.4 is 10.6 Å². The van der Waals surface area contributed by atoms with Crippen LogP contribution in [0.4, 0.5) is 4.79 Å². The van der Waals surface area contributed by atoms with Crippen molar-refractivity contribution in [2.75, 3.05) is 13.2 Å². The molecule has 0 unspecified atom stereocenters. The number of ether oxygens (including phenoxy) is 1. The summed E-state index contributed by atoms with van der Waals surface area (Å²) < 4.78 is 5.17. The minimum Gasteiger partial charge on any atom is -0.444 e. The molecule has 1 atom stereocenters. The maximum atomic E-state index is 12.0. The van der Waals surface area contributed by atoms with E-state index in [1.54, 1.807) is 20.8 Å². The lowest BCUT2D eigenvalue weighted by atomic mass is 10.1. The smallest absolute Gasteiger partial charge is 0.407 e. The Balaban J connectivity index is 1.89.